The number of pyridine rings is 1. The molecule has 2 nitrogen and oxygen atoms in total. The molecule has 24 heavy (non-hydrogen) atoms. The molecule has 1 aliphatic heterocycles. The van der Waals surface area contributed by atoms with Gasteiger partial charge in [0.25, 0.3) is 0 Å². The number of hydrogen-bond donors (Lipinski definition) is 0. The van der Waals surface area contributed by atoms with E-state index in [2.05, 4.69) is 61.3 Å². The van der Waals surface area contributed by atoms with Gasteiger partial charge in [-0.2, -0.15) is 6.07 Å². The van der Waals surface area contributed by atoms with Crippen LogP contribution in [0.1, 0.15) is 30.9 Å². The average molecular weight is 389 g/mol. The number of ether oxygens (including phenoxy) is 1. The molecule has 3 heteroatoms. The summed E-state index contributed by atoms with van der Waals surface area (Å²) in [6.07, 6.45) is 1.70. The summed E-state index contributed by atoms with van der Waals surface area (Å²) in [5.74, 6) is 2.77. The Labute approximate surface area is 168 Å². The van der Waals surface area contributed by atoms with E-state index in [1.54, 1.807) is 6.20 Å². The Morgan fingerprint density at radius 3 is 2.54 bits per heavy atom. The minimum absolute atomic E-state index is 0. The number of para-hydroxylation sites is 1. The van der Waals surface area contributed by atoms with Gasteiger partial charge in [-0.3, -0.25) is 4.98 Å². The molecule has 0 saturated heterocycles. The second-order valence-electron chi connectivity index (χ2n) is 6.26. The summed E-state index contributed by atoms with van der Waals surface area (Å²) in [4.78, 5) is 4.39. The fraction of sp³-hybridized carbons (Fsp3) is 0.190. The van der Waals surface area contributed by atoms with E-state index in [1.165, 1.54) is 11.1 Å². The van der Waals surface area contributed by atoms with Gasteiger partial charge in [-0.05, 0) is 29.3 Å². The number of fused-ring (bicyclic) bond motifs is 2. The maximum atomic E-state index is 6.18. The Kier molecular flexibility index (Phi) is 5.17. The van der Waals surface area contributed by atoms with Crippen molar-refractivity contribution in [3.05, 3.63) is 78.0 Å². The first-order valence-corrected chi connectivity index (χ1v) is 7.97. The van der Waals surface area contributed by atoms with E-state index in [4.69, 9.17) is 4.74 Å². The van der Waals surface area contributed by atoms with Crippen molar-refractivity contribution in [1.29, 1.82) is 0 Å². The van der Waals surface area contributed by atoms with Crippen molar-refractivity contribution < 1.29 is 37.4 Å². The SMILES string of the molecule is CC(C)C1c2ccccc2Oc2cc(-c3cc[c-]cn3)ccc21.[Y]. The van der Waals surface area contributed by atoms with Crippen LogP contribution in [0.5, 0.6) is 11.5 Å². The van der Waals surface area contributed by atoms with Gasteiger partial charge in [0.15, 0.2) is 0 Å². The predicted molar refractivity (Wildman–Crippen MR) is 91.7 cm³/mol. The normalized spacial score (nSPS) is 15.0. The first-order chi connectivity index (χ1) is 11.2. The summed E-state index contributed by atoms with van der Waals surface area (Å²) < 4.78 is 6.18. The quantitative estimate of drug-likeness (QED) is 0.545. The van der Waals surface area contributed by atoms with Crippen molar-refractivity contribution in [2.75, 3.05) is 0 Å². The summed E-state index contributed by atoms with van der Waals surface area (Å²) in [6.45, 7) is 4.53. The van der Waals surface area contributed by atoms with Gasteiger partial charge in [-0.1, -0.05) is 50.4 Å². The van der Waals surface area contributed by atoms with E-state index in [9.17, 15) is 0 Å². The Bertz CT molecular complexity index is 845. The van der Waals surface area contributed by atoms with Crippen molar-refractivity contribution >= 4 is 0 Å². The number of aromatic nitrogens is 1. The topological polar surface area (TPSA) is 22.1 Å². The molecule has 117 valence electrons. The van der Waals surface area contributed by atoms with E-state index in [0.29, 0.717) is 11.8 Å². The number of benzene rings is 2. The molecule has 4 rings (SSSR count). The summed E-state index contributed by atoms with van der Waals surface area (Å²) in [6, 6.07) is 21.6. The number of hydrogen-bond acceptors (Lipinski definition) is 2. The van der Waals surface area contributed by atoms with Crippen molar-refractivity contribution in [3.63, 3.8) is 0 Å². The standard InChI is InChI=1S/C21H18NO.Y/c1-14(2)21-16-7-3-4-9-19(16)23-20-13-15(10-11-17(20)21)18-8-5-6-12-22-18;/h3-5,7-14,21H,1-2H3;/q-1;. The molecule has 0 spiro atoms. The minimum Gasteiger partial charge on any atom is -0.457 e. The van der Waals surface area contributed by atoms with Crippen molar-refractivity contribution in [2.24, 2.45) is 5.92 Å². The molecular formula is C21H18NOY-. The fourth-order valence-corrected chi connectivity index (χ4v) is 3.36. The van der Waals surface area contributed by atoms with Crippen LogP contribution in [-0.2, 0) is 32.7 Å². The zero-order valence-corrected chi connectivity index (χ0v) is 16.7. The van der Waals surface area contributed by atoms with Crippen molar-refractivity contribution in [3.8, 4) is 22.8 Å². The van der Waals surface area contributed by atoms with E-state index in [1.807, 2.05) is 18.2 Å². The third kappa shape index (κ3) is 3.05. The zero-order chi connectivity index (χ0) is 15.8. The summed E-state index contributed by atoms with van der Waals surface area (Å²) in [7, 11) is 0. The zero-order valence-electron chi connectivity index (χ0n) is 13.9. The van der Waals surface area contributed by atoms with Crippen LogP contribution in [0.25, 0.3) is 11.3 Å². The average Bonchev–Trinajstić information content (AvgIpc) is 2.59. The van der Waals surface area contributed by atoms with E-state index in [-0.39, 0.29) is 32.7 Å². The van der Waals surface area contributed by atoms with Gasteiger partial charge in [-0.15, -0.1) is 0 Å². The predicted octanol–water partition coefficient (Wildman–Crippen LogP) is 5.44. The molecule has 0 saturated carbocycles. The second-order valence-corrected chi connectivity index (χ2v) is 6.26. The third-order valence-electron chi connectivity index (χ3n) is 4.40. The molecule has 1 unspecified atom stereocenters. The van der Waals surface area contributed by atoms with E-state index in [0.717, 1.165) is 22.8 Å². The first-order valence-electron chi connectivity index (χ1n) is 7.97. The molecule has 0 aliphatic carbocycles. The van der Waals surface area contributed by atoms with Crippen LogP contribution in [0.2, 0.25) is 0 Å². The monoisotopic (exact) mass is 389 g/mol. The molecule has 0 N–H and O–H groups in total. The second kappa shape index (κ2) is 7.17. The van der Waals surface area contributed by atoms with E-state index < -0.39 is 0 Å². The molecule has 0 amide bonds. The number of rotatable bonds is 2. The molecule has 3 aromatic rings. The molecule has 2 aromatic carbocycles. The number of nitrogens with zero attached hydrogens (tertiary/aromatic N) is 1. The van der Waals surface area contributed by atoms with Gasteiger partial charge in [0.1, 0.15) is 11.5 Å². The van der Waals surface area contributed by atoms with Gasteiger partial charge in [0.2, 0.25) is 0 Å². The van der Waals surface area contributed by atoms with Crippen LogP contribution in [0.15, 0.2) is 60.8 Å². The molecule has 2 heterocycles. The largest absolute Gasteiger partial charge is 0.457 e. The summed E-state index contributed by atoms with van der Waals surface area (Å²) >= 11 is 0. The van der Waals surface area contributed by atoms with Crippen LogP contribution in [0.4, 0.5) is 0 Å². The Morgan fingerprint density at radius 1 is 1.00 bits per heavy atom. The molecular weight excluding hydrogens is 371 g/mol. The minimum atomic E-state index is 0. The molecule has 1 aromatic heterocycles. The Morgan fingerprint density at radius 2 is 1.79 bits per heavy atom. The summed E-state index contributed by atoms with van der Waals surface area (Å²) in [5.41, 5.74) is 4.54. The molecule has 1 atom stereocenters. The third-order valence-corrected chi connectivity index (χ3v) is 4.40. The fourth-order valence-electron chi connectivity index (χ4n) is 3.36. The maximum Gasteiger partial charge on any atom is 0.131 e. The molecule has 0 bridgehead atoms. The van der Waals surface area contributed by atoms with Crippen LogP contribution >= 0.6 is 0 Å². The molecule has 0 fully saturated rings. The maximum absolute atomic E-state index is 6.18. The van der Waals surface area contributed by atoms with Crippen LogP contribution in [0.3, 0.4) is 0 Å². The Balaban J connectivity index is 0.00000169. The van der Waals surface area contributed by atoms with Crippen molar-refractivity contribution in [1.82, 2.24) is 4.98 Å². The molecule has 1 aliphatic rings. The summed E-state index contributed by atoms with van der Waals surface area (Å²) in [5, 5.41) is 0. The van der Waals surface area contributed by atoms with Gasteiger partial charge in [0, 0.05) is 49.8 Å². The van der Waals surface area contributed by atoms with Crippen LogP contribution in [0, 0.1) is 12.0 Å². The first kappa shape index (κ1) is 17.3. The van der Waals surface area contributed by atoms with Crippen LogP contribution in [-0.4, -0.2) is 4.98 Å². The Hall–Kier alpha value is -1.51. The van der Waals surface area contributed by atoms with Gasteiger partial charge < -0.3 is 4.74 Å². The van der Waals surface area contributed by atoms with Gasteiger partial charge in [-0.25, -0.2) is 12.1 Å². The van der Waals surface area contributed by atoms with E-state index >= 15 is 0 Å². The van der Waals surface area contributed by atoms with Crippen LogP contribution < -0.4 is 4.74 Å². The van der Waals surface area contributed by atoms with Crippen molar-refractivity contribution in [2.45, 2.75) is 19.8 Å². The smallest absolute Gasteiger partial charge is 0.131 e. The van der Waals surface area contributed by atoms with Gasteiger partial charge in [0.05, 0.1) is 0 Å². The molecule has 1 radical (unpaired) electrons. The van der Waals surface area contributed by atoms with Gasteiger partial charge >= 0.3 is 0 Å².